The summed E-state index contributed by atoms with van der Waals surface area (Å²) in [5, 5.41) is 0. The van der Waals surface area contributed by atoms with Gasteiger partial charge in [0, 0.05) is 30.7 Å². The number of carbonyl (C=O) groups excluding carboxylic acids is 1. The molecule has 3 rings (SSSR count). The van der Waals surface area contributed by atoms with Crippen LogP contribution in [0.4, 0.5) is 0 Å². The molecule has 0 unspecified atom stereocenters. The van der Waals surface area contributed by atoms with E-state index in [9.17, 15) is 4.79 Å². The molecule has 1 saturated heterocycles. The molecule has 40 heavy (non-hydrogen) atoms. The standard InChI is InChI=1S/C15H15N.C13H21N.C6H14.C3H6O/c1-3-4-13-5-7-14(8-6-13)15-9-10-16-12(2)11-15;1-4-13(9-8-12(2)3)14-10-6-5-7-11-14;1-5-6(2,3)4;1-3(2)4/h3,5-11H,1,4H2,2H3;4,8-9H,1,5-7,10-11H2,2-3H3;5H2,1-4H3;1-2H3/b;13-9+;;. The van der Waals surface area contributed by atoms with Gasteiger partial charge in [-0.15, -0.1) is 6.58 Å². The van der Waals surface area contributed by atoms with E-state index in [1.807, 2.05) is 31.3 Å². The quantitative estimate of drug-likeness (QED) is 0.268. The van der Waals surface area contributed by atoms with E-state index in [0.717, 1.165) is 12.1 Å². The fraction of sp³-hybridized carbons (Fsp3) is 0.459. The molecule has 0 N–H and O–H groups in total. The van der Waals surface area contributed by atoms with E-state index >= 15 is 0 Å². The first-order valence-corrected chi connectivity index (χ1v) is 14.7. The third-order valence-electron chi connectivity index (χ3n) is 6.14. The number of carbonyl (C=O) groups is 1. The second-order valence-electron chi connectivity index (χ2n) is 11.8. The number of rotatable bonds is 6. The molecule has 0 aliphatic carbocycles. The fourth-order valence-electron chi connectivity index (χ4n) is 3.43. The molecular formula is C37H56N2O. The molecule has 0 bridgehead atoms. The average molecular weight is 545 g/mol. The summed E-state index contributed by atoms with van der Waals surface area (Å²) >= 11 is 0. The number of hydrogen-bond acceptors (Lipinski definition) is 3. The summed E-state index contributed by atoms with van der Waals surface area (Å²) in [5.41, 5.74) is 7.94. The molecule has 0 atom stereocenters. The van der Waals surface area contributed by atoms with Crippen molar-refractivity contribution in [3.8, 4) is 11.1 Å². The maximum absolute atomic E-state index is 9.44. The summed E-state index contributed by atoms with van der Waals surface area (Å²) in [6, 6.07) is 12.7. The lowest BCUT2D eigenvalue weighted by atomic mass is 9.94. The van der Waals surface area contributed by atoms with E-state index in [1.54, 1.807) is 0 Å². The first-order valence-electron chi connectivity index (χ1n) is 14.7. The number of nitrogens with zero attached hydrogens (tertiary/aromatic N) is 2. The van der Waals surface area contributed by atoms with E-state index < -0.39 is 0 Å². The number of benzene rings is 1. The molecule has 3 nitrogen and oxygen atoms in total. The van der Waals surface area contributed by atoms with Gasteiger partial charge >= 0.3 is 0 Å². The molecule has 3 heteroatoms. The summed E-state index contributed by atoms with van der Waals surface area (Å²) in [4.78, 5) is 16.1. The maximum atomic E-state index is 9.44. The van der Waals surface area contributed by atoms with Crippen molar-refractivity contribution < 1.29 is 4.79 Å². The van der Waals surface area contributed by atoms with Crippen LogP contribution in [0.25, 0.3) is 11.1 Å². The smallest absolute Gasteiger partial charge is 0.126 e. The van der Waals surface area contributed by atoms with Gasteiger partial charge in [-0.1, -0.05) is 82.7 Å². The summed E-state index contributed by atoms with van der Waals surface area (Å²) in [7, 11) is 0. The number of piperidine rings is 1. The highest BCUT2D eigenvalue weighted by Crippen LogP contribution is 2.20. The lowest BCUT2D eigenvalue weighted by Crippen LogP contribution is -2.28. The van der Waals surface area contributed by atoms with Gasteiger partial charge in [-0.05, 0) is 107 Å². The zero-order valence-corrected chi connectivity index (χ0v) is 27.0. The number of allylic oxidation sites excluding steroid dienone is 5. The van der Waals surface area contributed by atoms with Gasteiger partial charge in [0.1, 0.15) is 5.78 Å². The zero-order chi connectivity index (χ0) is 30.6. The molecule has 0 amide bonds. The number of hydrogen-bond donors (Lipinski definition) is 0. The molecule has 0 saturated carbocycles. The van der Waals surface area contributed by atoms with Crippen molar-refractivity contribution in [3.63, 3.8) is 0 Å². The number of likely N-dealkylation sites (tertiary alicyclic amines) is 1. The Hall–Kier alpha value is -3.20. The van der Waals surface area contributed by atoms with Crippen LogP contribution in [0.1, 0.15) is 92.3 Å². The van der Waals surface area contributed by atoms with E-state index in [-0.39, 0.29) is 5.78 Å². The largest absolute Gasteiger partial charge is 0.372 e. The Bertz CT molecular complexity index is 1050. The predicted molar refractivity (Wildman–Crippen MR) is 178 cm³/mol. The summed E-state index contributed by atoms with van der Waals surface area (Å²) < 4.78 is 0. The minimum absolute atomic E-state index is 0.167. The molecule has 1 aliphatic rings. The van der Waals surface area contributed by atoms with Gasteiger partial charge in [-0.3, -0.25) is 4.98 Å². The van der Waals surface area contributed by atoms with Crippen molar-refractivity contribution in [2.24, 2.45) is 5.41 Å². The molecule has 1 aliphatic heterocycles. The third-order valence-corrected chi connectivity index (χ3v) is 6.14. The number of ketones is 1. The van der Waals surface area contributed by atoms with Crippen molar-refractivity contribution in [2.45, 2.75) is 94.4 Å². The maximum Gasteiger partial charge on any atom is 0.126 e. The van der Waals surface area contributed by atoms with Crippen molar-refractivity contribution in [1.29, 1.82) is 0 Å². The van der Waals surface area contributed by atoms with E-state index in [0.29, 0.717) is 5.41 Å². The van der Waals surface area contributed by atoms with Gasteiger partial charge in [-0.25, -0.2) is 0 Å². The average Bonchev–Trinajstić information content (AvgIpc) is 2.90. The zero-order valence-electron chi connectivity index (χ0n) is 27.0. The Morgan fingerprint density at radius 2 is 1.48 bits per heavy atom. The van der Waals surface area contributed by atoms with Gasteiger partial charge in [0.25, 0.3) is 0 Å². The first-order chi connectivity index (χ1) is 18.8. The Labute approximate surface area is 246 Å². The molecule has 0 spiro atoms. The number of pyridine rings is 1. The molecule has 1 fully saturated rings. The van der Waals surface area contributed by atoms with E-state index in [4.69, 9.17) is 0 Å². The van der Waals surface area contributed by atoms with Gasteiger partial charge in [0.15, 0.2) is 0 Å². The highest BCUT2D eigenvalue weighted by Gasteiger charge is 2.10. The monoisotopic (exact) mass is 544 g/mol. The fourth-order valence-corrected chi connectivity index (χ4v) is 3.43. The van der Waals surface area contributed by atoms with E-state index in [1.165, 1.54) is 80.6 Å². The normalized spacial score (nSPS) is 12.7. The Balaban J connectivity index is 0.000000576. The molecule has 2 heterocycles. The van der Waals surface area contributed by atoms with Crippen LogP contribution < -0.4 is 0 Å². The Kier molecular flexibility index (Phi) is 19.0. The van der Waals surface area contributed by atoms with Gasteiger partial charge in [0.05, 0.1) is 0 Å². The topological polar surface area (TPSA) is 33.2 Å². The van der Waals surface area contributed by atoms with Gasteiger partial charge in [0.2, 0.25) is 0 Å². The summed E-state index contributed by atoms with van der Waals surface area (Å²) in [6.45, 7) is 28.2. The van der Waals surface area contributed by atoms with Crippen LogP contribution in [0.2, 0.25) is 0 Å². The molecule has 1 aromatic heterocycles. The minimum Gasteiger partial charge on any atom is -0.372 e. The second-order valence-corrected chi connectivity index (χ2v) is 11.8. The van der Waals surface area contributed by atoms with Crippen LogP contribution >= 0.6 is 0 Å². The van der Waals surface area contributed by atoms with E-state index in [2.05, 4.69) is 107 Å². The number of aromatic nitrogens is 1. The van der Waals surface area contributed by atoms with Crippen molar-refractivity contribution in [1.82, 2.24) is 9.88 Å². The SMILES string of the molecule is C=C/C(=C\C=C(C)C)N1CCCCC1.C=CCc1ccc(-c2ccnc(C)c2)cc1.CC(C)=O.CCC(C)(C)C. The molecule has 2 aromatic rings. The van der Waals surface area contributed by atoms with Crippen LogP contribution in [0.3, 0.4) is 0 Å². The lowest BCUT2D eigenvalue weighted by Gasteiger charge is -2.29. The third kappa shape index (κ3) is 19.0. The molecule has 220 valence electrons. The molecular weight excluding hydrogens is 488 g/mol. The first kappa shape index (κ1) is 36.8. The van der Waals surface area contributed by atoms with Gasteiger partial charge in [-0.2, -0.15) is 0 Å². The number of Topliss-reactive ketones (excluding diaryl/α,β-unsaturated/α-hetero) is 1. The van der Waals surface area contributed by atoms with Crippen LogP contribution in [-0.4, -0.2) is 28.8 Å². The summed E-state index contributed by atoms with van der Waals surface area (Å²) in [5.74, 6) is 0.167. The van der Waals surface area contributed by atoms with Gasteiger partial charge < -0.3 is 9.69 Å². The minimum atomic E-state index is 0.167. The molecule has 0 radical (unpaired) electrons. The summed E-state index contributed by atoms with van der Waals surface area (Å²) in [6.07, 6.45) is 16.3. The second kappa shape index (κ2) is 20.7. The van der Waals surface area contributed by atoms with Crippen molar-refractivity contribution in [2.75, 3.05) is 13.1 Å². The van der Waals surface area contributed by atoms with Crippen molar-refractivity contribution >= 4 is 5.78 Å². The van der Waals surface area contributed by atoms with Crippen LogP contribution in [0.5, 0.6) is 0 Å². The van der Waals surface area contributed by atoms with Crippen LogP contribution in [-0.2, 0) is 11.2 Å². The number of aryl methyl sites for hydroxylation is 1. The Morgan fingerprint density at radius 3 is 1.90 bits per heavy atom. The predicted octanol–water partition coefficient (Wildman–Crippen LogP) is 10.3. The van der Waals surface area contributed by atoms with Crippen LogP contribution in [0, 0.1) is 12.3 Å². The Morgan fingerprint density at radius 1 is 0.925 bits per heavy atom. The van der Waals surface area contributed by atoms with Crippen molar-refractivity contribution in [3.05, 3.63) is 103 Å². The van der Waals surface area contributed by atoms with Crippen LogP contribution in [0.15, 0.2) is 91.3 Å². The molecule has 1 aromatic carbocycles. The highest BCUT2D eigenvalue weighted by molar-refractivity contribution is 5.72. The lowest BCUT2D eigenvalue weighted by molar-refractivity contribution is -0.114. The highest BCUT2D eigenvalue weighted by atomic mass is 16.1.